The summed E-state index contributed by atoms with van der Waals surface area (Å²) >= 11 is 0. The van der Waals surface area contributed by atoms with E-state index < -0.39 is 11.6 Å². The summed E-state index contributed by atoms with van der Waals surface area (Å²) < 4.78 is 5.68. The summed E-state index contributed by atoms with van der Waals surface area (Å²) in [4.78, 5) is 26.4. The lowest BCUT2D eigenvalue weighted by molar-refractivity contribution is -0.152. The molecule has 7 heteroatoms. The minimum Gasteiger partial charge on any atom is -0.478 e. The van der Waals surface area contributed by atoms with E-state index in [4.69, 9.17) is 15.9 Å². The molecule has 0 spiro atoms. The summed E-state index contributed by atoms with van der Waals surface area (Å²) in [6, 6.07) is 14.6. The zero-order chi connectivity index (χ0) is 23.3. The molecule has 1 fully saturated rings. The predicted molar refractivity (Wildman–Crippen MR) is 124 cm³/mol. The van der Waals surface area contributed by atoms with Crippen LogP contribution < -0.4 is 10.5 Å². The Morgan fingerprint density at radius 3 is 2.59 bits per heavy atom. The fourth-order valence-electron chi connectivity index (χ4n) is 3.85. The molecule has 0 aromatic heterocycles. The number of carboxylic acids is 1. The highest BCUT2D eigenvalue weighted by Gasteiger charge is 2.30. The first kappa shape index (κ1) is 23.1. The van der Waals surface area contributed by atoms with Crippen molar-refractivity contribution in [2.75, 3.05) is 13.1 Å². The molecule has 3 rings (SSSR count). The van der Waals surface area contributed by atoms with Crippen molar-refractivity contribution in [3.8, 4) is 5.75 Å². The number of likely N-dealkylation sites (tertiary alicyclic amines) is 1. The average Bonchev–Trinajstić information content (AvgIpc) is 2.79. The molecule has 1 unspecified atom stereocenters. The van der Waals surface area contributed by atoms with Gasteiger partial charge in [-0.25, -0.2) is 4.79 Å². The Hall–Kier alpha value is -3.61. The molecule has 32 heavy (non-hydrogen) atoms. The average molecular weight is 436 g/mol. The van der Waals surface area contributed by atoms with Gasteiger partial charge < -0.3 is 25.9 Å². The van der Waals surface area contributed by atoms with Crippen LogP contribution >= 0.6 is 0 Å². The maximum atomic E-state index is 13.2. The molecule has 0 bridgehead atoms. The smallest absolute Gasteiger partial charge is 0.347 e. The Labute approximate surface area is 188 Å². The fraction of sp³-hybridized carbons (Fsp3) is 0.320. The lowest BCUT2D eigenvalue weighted by Gasteiger charge is -2.33. The lowest BCUT2D eigenvalue weighted by Crippen LogP contribution is -2.39. The van der Waals surface area contributed by atoms with Gasteiger partial charge in [0.2, 0.25) is 0 Å². The number of nitrogens with one attached hydrogen (secondary N) is 1. The number of benzene rings is 2. The van der Waals surface area contributed by atoms with E-state index in [1.165, 1.54) is 26.3 Å². The van der Waals surface area contributed by atoms with Gasteiger partial charge in [0.1, 0.15) is 5.75 Å². The normalized spacial score (nSPS) is 17.0. The van der Waals surface area contributed by atoms with Crippen LogP contribution in [0.5, 0.6) is 5.75 Å². The number of carbonyl (C=O) groups is 2. The van der Waals surface area contributed by atoms with Gasteiger partial charge >= 0.3 is 5.97 Å². The Morgan fingerprint density at radius 2 is 1.91 bits per heavy atom. The topological polar surface area (TPSA) is 117 Å². The molecule has 1 aliphatic heterocycles. The first-order chi connectivity index (χ1) is 15.2. The second-order valence-corrected chi connectivity index (χ2v) is 8.43. The molecule has 0 saturated carbocycles. The molecule has 1 atom stereocenters. The Morgan fingerprint density at radius 1 is 1.19 bits per heavy atom. The number of piperidine rings is 1. The molecule has 2 aromatic rings. The van der Waals surface area contributed by atoms with Crippen LogP contribution in [0.15, 0.2) is 54.7 Å². The van der Waals surface area contributed by atoms with Gasteiger partial charge in [0.05, 0.1) is 0 Å². The van der Waals surface area contributed by atoms with Crippen molar-refractivity contribution in [3.63, 3.8) is 0 Å². The third-order valence-electron chi connectivity index (χ3n) is 5.70. The SMILES string of the molecule is CC(C)(Oc1cccc(C2CCCN(C(=O)c3cccc(/C(C=N)=C/N)c3)C2)c1)C(=O)O. The van der Waals surface area contributed by atoms with Crippen molar-refractivity contribution < 1.29 is 19.4 Å². The zero-order valence-corrected chi connectivity index (χ0v) is 18.4. The molecule has 4 N–H and O–H groups in total. The summed E-state index contributed by atoms with van der Waals surface area (Å²) in [5.74, 6) is -0.459. The lowest BCUT2D eigenvalue weighted by atomic mass is 9.90. The minimum atomic E-state index is -1.33. The van der Waals surface area contributed by atoms with Gasteiger partial charge in [0.25, 0.3) is 5.91 Å². The second-order valence-electron chi connectivity index (χ2n) is 8.43. The quantitative estimate of drug-likeness (QED) is 0.570. The highest BCUT2D eigenvalue weighted by atomic mass is 16.5. The minimum absolute atomic E-state index is 0.0580. The van der Waals surface area contributed by atoms with Crippen LogP contribution in [0.25, 0.3) is 5.57 Å². The van der Waals surface area contributed by atoms with Crippen LogP contribution in [-0.2, 0) is 4.79 Å². The number of allylic oxidation sites excluding steroid dienone is 1. The first-order valence-corrected chi connectivity index (χ1v) is 10.6. The Bertz CT molecular complexity index is 1040. The maximum absolute atomic E-state index is 13.2. The summed E-state index contributed by atoms with van der Waals surface area (Å²) in [7, 11) is 0. The van der Waals surface area contributed by atoms with E-state index in [2.05, 4.69) is 0 Å². The number of carbonyl (C=O) groups excluding carboxylic acids is 1. The van der Waals surface area contributed by atoms with Crippen molar-refractivity contribution >= 4 is 23.7 Å². The highest BCUT2D eigenvalue weighted by Crippen LogP contribution is 2.31. The molecule has 1 saturated heterocycles. The van der Waals surface area contributed by atoms with Crippen LogP contribution in [0.2, 0.25) is 0 Å². The van der Waals surface area contributed by atoms with Crippen molar-refractivity contribution in [2.24, 2.45) is 5.73 Å². The van der Waals surface area contributed by atoms with Gasteiger partial charge in [-0.15, -0.1) is 0 Å². The van der Waals surface area contributed by atoms with Gasteiger partial charge in [-0.3, -0.25) is 4.79 Å². The molecule has 0 radical (unpaired) electrons. The molecule has 168 valence electrons. The van der Waals surface area contributed by atoms with E-state index in [0.717, 1.165) is 24.0 Å². The van der Waals surface area contributed by atoms with Crippen LogP contribution in [-0.4, -0.2) is 46.8 Å². The summed E-state index contributed by atoms with van der Waals surface area (Å²) in [6.07, 6.45) is 4.33. The molecular weight excluding hydrogens is 406 g/mol. The van der Waals surface area contributed by atoms with Gasteiger partial charge in [0.15, 0.2) is 5.60 Å². The van der Waals surface area contributed by atoms with Crippen LogP contribution in [0.4, 0.5) is 0 Å². The fourth-order valence-corrected chi connectivity index (χ4v) is 3.85. The summed E-state index contributed by atoms with van der Waals surface area (Å²) in [5.41, 5.74) is 7.12. The standard InChI is InChI=1S/C25H29N3O4/c1-25(2,24(30)31)32-22-10-4-7-18(13-22)20-9-5-11-28(16-20)23(29)19-8-3-6-17(12-19)21(14-26)15-27/h3-4,6-8,10,12-15,20,26H,5,9,11,16,27H2,1-2H3,(H,30,31)/b21-15+,26-14?. The maximum Gasteiger partial charge on any atom is 0.347 e. The van der Waals surface area contributed by atoms with Gasteiger partial charge in [-0.2, -0.15) is 0 Å². The van der Waals surface area contributed by atoms with E-state index >= 15 is 0 Å². The number of hydrogen-bond acceptors (Lipinski definition) is 5. The largest absolute Gasteiger partial charge is 0.478 e. The Balaban J connectivity index is 1.77. The Kier molecular flexibility index (Phi) is 6.98. The number of aliphatic carboxylic acids is 1. The number of hydrogen-bond donors (Lipinski definition) is 3. The van der Waals surface area contributed by atoms with Gasteiger partial charge in [-0.1, -0.05) is 24.3 Å². The molecular formula is C25H29N3O4. The zero-order valence-electron chi connectivity index (χ0n) is 18.4. The number of nitrogens with zero attached hydrogens (tertiary/aromatic N) is 1. The number of rotatable bonds is 7. The summed E-state index contributed by atoms with van der Waals surface area (Å²) in [5, 5.41) is 16.8. The number of carboxylic acid groups (broad SMARTS) is 1. The second kappa shape index (κ2) is 9.68. The molecule has 1 amide bonds. The monoisotopic (exact) mass is 435 g/mol. The van der Waals surface area contributed by atoms with Crippen molar-refractivity contribution in [3.05, 3.63) is 71.4 Å². The molecule has 0 aliphatic carbocycles. The summed E-state index contributed by atoms with van der Waals surface area (Å²) in [6.45, 7) is 4.27. The van der Waals surface area contributed by atoms with Crippen molar-refractivity contribution in [1.29, 1.82) is 5.41 Å². The molecule has 7 nitrogen and oxygen atoms in total. The van der Waals surface area contributed by atoms with Crippen LogP contribution in [0, 0.1) is 5.41 Å². The number of amides is 1. The van der Waals surface area contributed by atoms with Crippen LogP contribution in [0.3, 0.4) is 0 Å². The predicted octanol–water partition coefficient (Wildman–Crippen LogP) is 3.90. The van der Waals surface area contributed by atoms with Crippen molar-refractivity contribution in [1.82, 2.24) is 4.90 Å². The molecule has 1 heterocycles. The van der Waals surface area contributed by atoms with Crippen molar-refractivity contribution in [2.45, 2.75) is 38.2 Å². The first-order valence-electron chi connectivity index (χ1n) is 10.6. The van der Waals surface area contributed by atoms with E-state index in [1.54, 1.807) is 24.3 Å². The van der Waals surface area contributed by atoms with E-state index in [-0.39, 0.29) is 11.8 Å². The van der Waals surface area contributed by atoms with Crippen LogP contribution in [0.1, 0.15) is 54.1 Å². The van der Waals surface area contributed by atoms with Gasteiger partial charge in [-0.05, 0) is 62.1 Å². The molecule has 2 aromatic carbocycles. The highest BCUT2D eigenvalue weighted by molar-refractivity contribution is 6.09. The third kappa shape index (κ3) is 5.17. The number of ether oxygens (including phenoxy) is 1. The van der Waals surface area contributed by atoms with E-state index in [0.29, 0.717) is 30.0 Å². The van der Waals surface area contributed by atoms with E-state index in [1.807, 2.05) is 29.2 Å². The number of nitrogens with two attached hydrogens (primary N) is 1. The third-order valence-corrected chi connectivity index (χ3v) is 5.70. The molecule has 1 aliphatic rings. The van der Waals surface area contributed by atoms with Gasteiger partial charge in [0, 0.05) is 42.6 Å². The van der Waals surface area contributed by atoms with E-state index in [9.17, 15) is 14.7 Å².